The van der Waals surface area contributed by atoms with Crippen molar-refractivity contribution in [3.63, 3.8) is 0 Å². The lowest BCUT2D eigenvalue weighted by molar-refractivity contribution is 0.0785. The number of nitrogens with two attached hydrogens (primary N) is 1. The Bertz CT molecular complexity index is 594. The molecular formula is C16H18N2O2. The Balaban J connectivity index is 2.07. The van der Waals surface area contributed by atoms with Crippen molar-refractivity contribution in [1.29, 1.82) is 0 Å². The van der Waals surface area contributed by atoms with Crippen LogP contribution in [0.4, 0.5) is 5.69 Å². The molecule has 0 bridgehead atoms. The maximum Gasteiger partial charge on any atom is 0.253 e. The van der Waals surface area contributed by atoms with Crippen LogP contribution >= 0.6 is 0 Å². The van der Waals surface area contributed by atoms with Crippen molar-refractivity contribution >= 4 is 11.6 Å². The van der Waals surface area contributed by atoms with Gasteiger partial charge in [-0.05, 0) is 35.9 Å². The summed E-state index contributed by atoms with van der Waals surface area (Å²) in [7, 11) is 3.40. The minimum absolute atomic E-state index is 0.0480. The smallest absolute Gasteiger partial charge is 0.253 e. The number of rotatable bonds is 4. The van der Waals surface area contributed by atoms with Crippen LogP contribution in [0.2, 0.25) is 0 Å². The van der Waals surface area contributed by atoms with Crippen molar-refractivity contribution in [2.45, 2.75) is 6.54 Å². The highest BCUT2D eigenvalue weighted by atomic mass is 16.5. The minimum atomic E-state index is -0.0480. The van der Waals surface area contributed by atoms with Crippen LogP contribution in [0.15, 0.2) is 48.5 Å². The van der Waals surface area contributed by atoms with Gasteiger partial charge in [-0.25, -0.2) is 0 Å². The van der Waals surface area contributed by atoms with E-state index in [2.05, 4.69) is 0 Å². The summed E-state index contributed by atoms with van der Waals surface area (Å²) in [5.74, 6) is 0.756. The fourth-order valence-electron chi connectivity index (χ4n) is 1.97. The number of hydrogen-bond acceptors (Lipinski definition) is 3. The average Bonchev–Trinajstić information content (AvgIpc) is 2.47. The van der Waals surface area contributed by atoms with E-state index >= 15 is 0 Å². The highest BCUT2D eigenvalue weighted by Crippen LogP contribution is 2.14. The highest BCUT2D eigenvalue weighted by Gasteiger charge is 2.12. The molecule has 0 saturated heterocycles. The van der Waals surface area contributed by atoms with Gasteiger partial charge in [-0.2, -0.15) is 0 Å². The molecule has 2 N–H and O–H groups in total. The molecule has 2 aromatic rings. The monoisotopic (exact) mass is 270 g/mol. The summed E-state index contributed by atoms with van der Waals surface area (Å²) in [4.78, 5) is 13.9. The van der Waals surface area contributed by atoms with Crippen LogP contribution in [0.5, 0.6) is 5.75 Å². The van der Waals surface area contributed by atoms with Gasteiger partial charge in [0.1, 0.15) is 5.75 Å². The number of methoxy groups -OCH3 is 1. The molecule has 1 amide bonds. The Hall–Kier alpha value is -2.49. The molecule has 4 heteroatoms. The molecule has 104 valence electrons. The Labute approximate surface area is 118 Å². The summed E-state index contributed by atoms with van der Waals surface area (Å²) in [5.41, 5.74) is 7.93. The predicted molar refractivity (Wildman–Crippen MR) is 79.6 cm³/mol. The molecule has 0 fully saturated rings. The third-order valence-electron chi connectivity index (χ3n) is 3.06. The van der Waals surface area contributed by atoms with Crippen molar-refractivity contribution in [2.24, 2.45) is 0 Å². The number of ether oxygens (including phenoxy) is 1. The van der Waals surface area contributed by atoms with E-state index in [-0.39, 0.29) is 5.91 Å². The van der Waals surface area contributed by atoms with E-state index in [1.165, 1.54) is 0 Å². The number of nitrogens with zero attached hydrogens (tertiary/aromatic N) is 1. The quantitative estimate of drug-likeness (QED) is 0.869. The van der Waals surface area contributed by atoms with Gasteiger partial charge in [0, 0.05) is 24.8 Å². The first-order valence-electron chi connectivity index (χ1n) is 6.34. The van der Waals surface area contributed by atoms with Crippen LogP contribution in [0.3, 0.4) is 0 Å². The number of nitrogen functional groups attached to an aromatic ring is 1. The van der Waals surface area contributed by atoms with Crippen molar-refractivity contribution in [2.75, 3.05) is 19.9 Å². The summed E-state index contributed by atoms with van der Waals surface area (Å²) >= 11 is 0. The van der Waals surface area contributed by atoms with Gasteiger partial charge < -0.3 is 15.4 Å². The van der Waals surface area contributed by atoms with Gasteiger partial charge in [0.15, 0.2) is 0 Å². The van der Waals surface area contributed by atoms with Gasteiger partial charge in [-0.1, -0.05) is 18.2 Å². The van der Waals surface area contributed by atoms with Gasteiger partial charge in [0.2, 0.25) is 0 Å². The number of benzene rings is 2. The summed E-state index contributed by atoms with van der Waals surface area (Å²) in [6.45, 7) is 0.539. The van der Waals surface area contributed by atoms with Crippen LogP contribution in [-0.2, 0) is 6.54 Å². The third kappa shape index (κ3) is 3.29. The molecule has 0 spiro atoms. The maximum absolute atomic E-state index is 12.3. The van der Waals surface area contributed by atoms with E-state index in [0.717, 1.165) is 11.3 Å². The zero-order chi connectivity index (χ0) is 14.5. The third-order valence-corrected chi connectivity index (χ3v) is 3.06. The van der Waals surface area contributed by atoms with E-state index in [9.17, 15) is 4.79 Å². The first-order valence-corrected chi connectivity index (χ1v) is 6.34. The van der Waals surface area contributed by atoms with Crippen molar-refractivity contribution in [3.05, 3.63) is 59.7 Å². The zero-order valence-corrected chi connectivity index (χ0v) is 11.7. The molecule has 4 nitrogen and oxygen atoms in total. The molecule has 0 aliphatic rings. The van der Waals surface area contributed by atoms with E-state index in [4.69, 9.17) is 10.5 Å². The lowest BCUT2D eigenvalue weighted by Gasteiger charge is -2.17. The van der Waals surface area contributed by atoms with Gasteiger partial charge in [0.25, 0.3) is 5.91 Å². The number of hydrogen-bond donors (Lipinski definition) is 1. The maximum atomic E-state index is 12.3. The highest BCUT2D eigenvalue weighted by molar-refractivity contribution is 5.94. The van der Waals surface area contributed by atoms with E-state index in [0.29, 0.717) is 17.8 Å². The summed E-state index contributed by atoms with van der Waals surface area (Å²) < 4.78 is 5.11. The number of carbonyl (C=O) groups is 1. The van der Waals surface area contributed by atoms with Crippen LogP contribution in [0.1, 0.15) is 15.9 Å². The molecule has 2 rings (SSSR count). The molecule has 0 saturated carbocycles. The van der Waals surface area contributed by atoms with Crippen LogP contribution in [0.25, 0.3) is 0 Å². The summed E-state index contributed by atoms with van der Waals surface area (Å²) in [6, 6.07) is 14.7. The second kappa shape index (κ2) is 6.10. The lowest BCUT2D eigenvalue weighted by atomic mass is 10.1. The normalized spacial score (nSPS) is 10.1. The van der Waals surface area contributed by atoms with E-state index in [1.807, 2.05) is 24.3 Å². The van der Waals surface area contributed by atoms with Gasteiger partial charge in [0.05, 0.1) is 7.11 Å². The van der Waals surface area contributed by atoms with Crippen LogP contribution < -0.4 is 10.5 Å². The SMILES string of the molecule is COc1ccc(CN(C)C(=O)c2cccc(N)c2)cc1. The summed E-state index contributed by atoms with van der Waals surface area (Å²) in [6.07, 6.45) is 0. The molecule has 0 unspecified atom stereocenters. The van der Waals surface area contributed by atoms with Crippen LogP contribution in [0, 0.1) is 0 Å². The fraction of sp³-hybridized carbons (Fsp3) is 0.188. The topological polar surface area (TPSA) is 55.6 Å². The molecule has 0 aliphatic heterocycles. The Morgan fingerprint density at radius 2 is 1.90 bits per heavy atom. The molecule has 2 aromatic carbocycles. The van der Waals surface area contributed by atoms with Crippen molar-refractivity contribution in [3.8, 4) is 5.75 Å². The summed E-state index contributed by atoms with van der Waals surface area (Å²) in [5, 5.41) is 0. The lowest BCUT2D eigenvalue weighted by Crippen LogP contribution is -2.26. The second-order valence-electron chi connectivity index (χ2n) is 4.63. The predicted octanol–water partition coefficient (Wildman–Crippen LogP) is 2.55. The Kier molecular flexibility index (Phi) is 4.25. The number of carbonyl (C=O) groups excluding carboxylic acids is 1. The van der Waals surface area contributed by atoms with Crippen molar-refractivity contribution < 1.29 is 9.53 Å². The van der Waals surface area contributed by atoms with Crippen LogP contribution in [-0.4, -0.2) is 25.0 Å². The molecule has 0 aromatic heterocycles. The molecule has 0 radical (unpaired) electrons. The zero-order valence-electron chi connectivity index (χ0n) is 11.7. The largest absolute Gasteiger partial charge is 0.497 e. The standard InChI is InChI=1S/C16H18N2O2/c1-18(11-12-6-8-15(20-2)9-7-12)16(19)13-4-3-5-14(17)10-13/h3-10H,11,17H2,1-2H3. The van der Waals surface area contributed by atoms with E-state index < -0.39 is 0 Å². The minimum Gasteiger partial charge on any atom is -0.497 e. The van der Waals surface area contributed by atoms with E-state index in [1.54, 1.807) is 43.3 Å². The van der Waals surface area contributed by atoms with Crippen molar-refractivity contribution in [1.82, 2.24) is 4.90 Å². The first kappa shape index (κ1) is 13.9. The fourth-order valence-corrected chi connectivity index (χ4v) is 1.97. The second-order valence-corrected chi connectivity index (χ2v) is 4.63. The van der Waals surface area contributed by atoms with Gasteiger partial charge >= 0.3 is 0 Å². The number of amides is 1. The Morgan fingerprint density at radius 1 is 1.20 bits per heavy atom. The van der Waals surface area contributed by atoms with Gasteiger partial charge in [-0.3, -0.25) is 4.79 Å². The van der Waals surface area contributed by atoms with Gasteiger partial charge in [-0.15, -0.1) is 0 Å². The average molecular weight is 270 g/mol. The number of anilines is 1. The Morgan fingerprint density at radius 3 is 2.50 bits per heavy atom. The molecule has 20 heavy (non-hydrogen) atoms. The molecular weight excluding hydrogens is 252 g/mol. The molecule has 0 aliphatic carbocycles. The first-order chi connectivity index (χ1) is 9.60. The molecule has 0 atom stereocenters. The molecule has 0 heterocycles.